The molecule has 0 fully saturated rings. The number of hydrogen-bond donors (Lipinski definition) is 4. The molecule has 0 aliphatic rings. The van der Waals surface area contributed by atoms with Crippen LogP contribution in [-0.4, -0.2) is 72.4 Å². The first-order chi connectivity index (χ1) is 22.0. The third-order valence-corrected chi connectivity index (χ3v) is 9.54. The van der Waals surface area contributed by atoms with E-state index in [1.807, 2.05) is 65.0 Å². The van der Waals surface area contributed by atoms with Gasteiger partial charge in [-0.25, -0.2) is 12.8 Å². The molecule has 0 aliphatic heterocycles. The first-order valence-electron chi connectivity index (χ1n) is 15.6. The summed E-state index contributed by atoms with van der Waals surface area (Å²) < 4.78 is 43.7. The average molecular weight is 670 g/mol. The summed E-state index contributed by atoms with van der Waals surface area (Å²) in [5.41, 5.74) is 12.3. The van der Waals surface area contributed by atoms with Gasteiger partial charge in [0, 0.05) is 31.4 Å². The maximum Gasteiger partial charge on any atom is 0.244 e. The second-order valence-corrected chi connectivity index (χ2v) is 15.2. The van der Waals surface area contributed by atoms with Crippen molar-refractivity contribution in [3.8, 4) is 0 Å². The van der Waals surface area contributed by atoms with Gasteiger partial charge in [0.25, 0.3) is 0 Å². The largest absolute Gasteiger partial charge is 0.399 e. The summed E-state index contributed by atoms with van der Waals surface area (Å²) in [6.45, 7) is 8.61. The van der Waals surface area contributed by atoms with E-state index >= 15 is 0 Å². The predicted molar refractivity (Wildman–Crippen MR) is 182 cm³/mol. The molecule has 3 aromatic rings. The summed E-state index contributed by atoms with van der Waals surface area (Å²) in [6, 6.07) is 19.3. The molecule has 0 heterocycles. The summed E-state index contributed by atoms with van der Waals surface area (Å²) >= 11 is 0. The lowest BCUT2D eigenvalue weighted by molar-refractivity contribution is -0.138. The molecule has 3 atom stereocenters. The van der Waals surface area contributed by atoms with E-state index in [0.717, 1.165) is 5.56 Å². The Morgan fingerprint density at radius 3 is 2.15 bits per heavy atom. The van der Waals surface area contributed by atoms with Crippen molar-refractivity contribution in [1.82, 2.24) is 14.5 Å². The molecular weight excluding hydrogens is 621 g/mol. The molecule has 0 aromatic heterocycles. The monoisotopic (exact) mass is 669 g/mol. The van der Waals surface area contributed by atoms with Crippen LogP contribution in [0.25, 0.3) is 0 Å². The maximum atomic E-state index is 14.5. The third kappa shape index (κ3) is 10.7. The molecule has 3 unspecified atom stereocenters. The molecule has 12 heteroatoms. The Morgan fingerprint density at radius 1 is 0.936 bits per heavy atom. The highest BCUT2D eigenvalue weighted by molar-refractivity contribution is 7.89. The van der Waals surface area contributed by atoms with Gasteiger partial charge in [-0.2, -0.15) is 4.31 Å². The minimum Gasteiger partial charge on any atom is -0.399 e. The van der Waals surface area contributed by atoms with E-state index in [-0.39, 0.29) is 42.6 Å². The summed E-state index contributed by atoms with van der Waals surface area (Å²) in [7, 11) is -4.11. The number of carbonyl (C=O) groups is 2. The number of amides is 2. The van der Waals surface area contributed by atoms with Crippen molar-refractivity contribution in [2.45, 2.75) is 70.7 Å². The lowest BCUT2D eigenvalue weighted by Crippen LogP contribution is -2.61. The highest BCUT2D eigenvalue weighted by atomic mass is 32.2. The van der Waals surface area contributed by atoms with Crippen LogP contribution < -0.4 is 16.8 Å². The zero-order valence-corrected chi connectivity index (χ0v) is 28.6. The highest BCUT2D eigenvalue weighted by Gasteiger charge is 2.43. The molecule has 10 nitrogen and oxygen atoms in total. The zero-order valence-electron chi connectivity index (χ0n) is 27.8. The number of imide groups is 1. The van der Waals surface area contributed by atoms with E-state index in [9.17, 15) is 27.5 Å². The summed E-state index contributed by atoms with van der Waals surface area (Å²) in [6.07, 6.45) is -1.14. The van der Waals surface area contributed by atoms with Gasteiger partial charge in [-0.3, -0.25) is 19.8 Å². The molecule has 0 aliphatic carbocycles. The van der Waals surface area contributed by atoms with E-state index in [1.165, 1.54) is 28.6 Å². The van der Waals surface area contributed by atoms with E-state index in [0.29, 0.717) is 5.56 Å². The Kier molecular flexibility index (Phi) is 13.2. The highest BCUT2D eigenvalue weighted by Crippen LogP contribution is 2.31. The topological polar surface area (TPSA) is 159 Å². The molecule has 6 N–H and O–H groups in total. The molecule has 47 heavy (non-hydrogen) atoms. The summed E-state index contributed by atoms with van der Waals surface area (Å²) in [5.74, 6) is -1.88. The SMILES string of the molecule is CC(C)CN(CC(O)C(Cc1ccccc1)N(Cc1cccc(F)c1)C(C(=O)NC(=O)CN)C(C)(C)C)S(=O)(=O)c1cccc(N)c1. The lowest BCUT2D eigenvalue weighted by atomic mass is 9.82. The predicted octanol–water partition coefficient (Wildman–Crippen LogP) is 3.55. The Hall–Kier alpha value is -3.68. The van der Waals surface area contributed by atoms with Gasteiger partial charge in [0.15, 0.2) is 0 Å². The number of nitrogens with two attached hydrogens (primary N) is 2. The number of aliphatic hydroxyl groups excluding tert-OH is 1. The first kappa shape index (κ1) is 37.8. The van der Waals surface area contributed by atoms with Crippen LogP contribution in [0.2, 0.25) is 0 Å². The van der Waals surface area contributed by atoms with Crippen LogP contribution in [0.3, 0.4) is 0 Å². The Balaban J connectivity index is 2.20. The van der Waals surface area contributed by atoms with Gasteiger partial charge in [0.05, 0.1) is 23.6 Å². The molecule has 3 rings (SSSR count). The van der Waals surface area contributed by atoms with Crippen molar-refractivity contribution in [1.29, 1.82) is 0 Å². The van der Waals surface area contributed by atoms with Gasteiger partial charge in [0.1, 0.15) is 5.82 Å². The number of carbonyl (C=O) groups excluding carboxylic acids is 2. The zero-order chi connectivity index (χ0) is 34.9. The first-order valence-corrected chi connectivity index (χ1v) is 17.1. The number of hydrogen-bond acceptors (Lipinski definition) is 8. The lowest BCUT2D eigenvalue weighted by Gasteiger charge is -2.45. The molecule has 2 amide bonds. The molecule has 0 radical (unpaired) electrons. The molecule has 0 saturated heterocycles. The number of sulfonamides is 1. The van der Waals surface area contributed by atoms with Gasteiger partial charge in [-0.15, -0.1) is 0 Å². The Bertz CT molecular complexity index is 1600. The number of nitrogen functional groups attached to an aromatic ring is 1. The molecule has 0 bridgehead atoms. The van der Waals surface area contributed by atoms with Crippen molar-refractivity contribution in [2.75, 3.05) is 25.4 Å². The van der Waals surface area contributed by atoms with E-state index in [2.05, 4.69) is 5.32 Å². The Morgan fingerprint density at radius 2 is 1.57 bits per heavy atom. The second kappa shape index (κ2) is 16.4. The van der Waals surface area contributed by atoms with E-state index in [4.69, 9.17) is 11.5 Å². The minimum atomic E-state index is -4.11. The molecule has 3 aromatic carbocycles. The van der Waals surface area contributed by atoms with Crippen LogP contribution in [0.15, 0.2) is 83.8 Å². The van der Waals surface area contributed by atoms with Crippen molar-refractivity contribution < 1.29 is 27.5 Å². The van der Waals surface area contributed by atoms with Crippen LogP contribution in [0, 0.1) is 17.2 Å². The molecule has 0 spiro atoms. The fourth-order valence-electron chi connectivity index (χ4n) is 5.71. The van der Waals surface area contributed by atoms with Crippen LogP contribution in [0.5, 0.6) is 0 Å². The van der Waals surface area contributed by atoms with E-state index < -0.39 is 57.8 Å². The van der Waals surface area contributed by atoms with Crippen LogP contribution in [-0.2, 0) is 32.6 Å². The summed E-state index contributed by atoms with van der Waals surface area (Å²) in [5, 5.41) is 14.6. The number of anilines is 1. The van der Waals surface area contributed by atoms with Crippen LogP contribution in [0.1, 0.15) is 45.7 Å². The standard InChI is InChI=1S/C35H48FN5O5S/c1-24(2)21-40(47(45,46)29-16-10-15-28(38)19-29)23-31(42)30(18-25-11-7-6-8-12-25)41(22-26-13-9-14-27(36)17-26)33(35(3,4)5)34(44)39-32(43)20-37/h6-17,19,24,30-31,33,42H,18,20-23,37-38H2,1-5H3,(H,39,43,44). The van der Waals surface area contributed by atoms with Crippen molar-refractivity contribution >= 4 is 27.5 Å². The average Bonchev–Trinajstić information content (AvgIpc) is 2.98. The summed E-state index contributed by atoms with van der Waals surface area (Å²) in [4.78, 5) is 27.9. The minimum absolute atomic E-state index is 0.00460. The number of halogens is 1. The third-order valence-electron chi connectivity index (χ3n) is 7.72. The number of nitrogens with zero attached hydrogens (tertiary/aromatic N) is 2. The van der Waals surface area contributed by atoms with Crippen molar-refractivity contribution in [3.05, 3.63) is 95.8 Å². The second-order valence-electron chi connectivity index (χ2n) is 13.3. The van der Waals surface area contributed by atoms with Gasteiger partial charge in [0.2, 0.25) is 21.8 Å². The molecule has 256 valence electrons. The fraction of sp³-hybridized carbons (Fsp3) is 0.429. The molecule has 0 saturated carbocycles. The number of benzene rings is 3. The molecular formula is C35H48FN5O5S. The smallest absolute Gasteiger partial charge is 0.244 e. The quantitative estimate of drug-likeness (QED) is 0.179. The number of rotatable bonds is 15. The fourth-order valence-corrected chi connectivity index (χ4v) is 7.38. The number of nitrogens with one attached hydrogen (secondary N) is 1. The van der Waals surface area contributed by atoms with Gasteiger partial charge >= 0.3 is 0 Å². The van der Waals surface area contributed by atoms with Gasteiger partial charge < -0.3 is 16.6 Å². The van der Waals surface area contributed by atoms with Crippen molar-refractivity contribution in [3.63, 3.8) is 0 Å². The van der Waals surface area contributed by atoms with Crippen LogP contribution >= 0.6 is 0 Å². The van der Waals surface area contributed by atoms with Crippen LogP contribution in [0.4, 0.5) is 10.1 Å². The normalized spacial score (nSPS) is 14.3. The number of aliphatic hydroxyl groups is 1. The van der Waals surface area contributed by atoms with E-state index in [1.54, 1.807) is 29.2 Å². The van der Waals surface area contributed by atoms with Gasteiger partial charge in [-0.05, 0) is 59.2 Å². The van der Waals surface area contributed by atoms with Crippen molar-refractivity contribution in [2.24, 2.45) is 17.1 Å². The Labute approximate surface area is 278 Å². The van der Waals surface area contributed by atoms with Gasteiger partial charge in [-0.1, -0.05) is 83.1 Å². The maximum absolute atomic E-state index is 14.5.